The second kappa shape index (κ2) is 5.52. The summed E-state index contributed by atoms with van der Waals surface area (Å²) in [6.45, 7) is 5.43. The summed E-state index contributed by atoms with van der Waals surface area (Å²) < 4.78 is 14.5. The molecule has 1 aromatic rings. The molecule has 4 nitrogen and oxygen atoms in total. The summed E-state index contributed by atoms with van der Waals surface area (Å²) >= 11 is 1.74. The highest BCUT2D eigenvalue weighted by atomic mass is 32.1. The second-order valence-electron chi connectivity index (χ2n) is 7.39. The lowest BCUT2D eigenvalue weighted by atomic mass is 9.75. The first-order valence-corrected chi connectivity index (χ1v) is 9.47. The maximum absolute atomic E-state index is 14.5. The van der Waals surface area contributed by atoms with E-state index in [1.807, 2.05) is 18.0 Å². The predicted octanol–water partition coefficient (Wildman–Crippen LogP) is 2.91. The van der Waals surface area contributed by atoms with Gasteiger partial charge < -0.3 is 4.90 Å². The van der Waals surface area contributed by atoms with E-state index in [-0.39, 0.29) is 11.4 Å². The highest BCUT2D eigenvalue weighted by Crippen LogP contribution is 2.43. The zero-order valence-electron chi connectivity index (χ0n) is 13.7. The van der Waals surface area contributed by atoms with Crippen LogP contribution in [-0.4, -0.2) is 51.5 Å². The molecule has 1 unspecified atom stereocenters. The van der Waals surface area contributed by atoms with Crippen LogP contribution in [-0.2, 0) is 11.3 Å². The van der Waals surface area contributed by atoms with Crippen LogP contribution in [0, 0.1) is 6.92 Å². The van der Waals surface area contributed by atoms with Crippen molar-refractivity contribution in [2.75, 3.05) is 19.6 Å². The lowest BCUT2D eigenvalue weighted by molar-refractivity contribution is -0.158. The van der Waals surface area contributed by atoms with Gasteiger partial charge in [-0.25, -0.2) is 9.37 Å². The number of aryl methyl sites for hydroxylation is 1. The smallest absolute Gasteiger partial charge is 0.260 e. The minimum atomic E-state index is -1.55. The van der Waals surface area contributed by atoms with Crippen molar-refractivity contribution in [1.82, 2.24) is 14.8 Å². The predicted molar refractivity (Wildman–Crippen MR) is 88.1 cm³/mol. The summed E-state index contributed by atoms with van der Waals surface area (Å²) in [5.74, 6) is -0.247. The molecule has 1 spiro atoms. The summed E-state index contributed by atoms with van der Waals surface area (Å²) in [6.07, 6.45) is 6.86. The second-order valence-corrected chi connectivity index (χ2v) is 8.71. The van der Waals surface area contributed by atoms with Crippen LogP contribution in [0.2, 0.25) is 0 Å². The largest absolute Gasteiger partial charge is 0.338 e. The average Bonchev–Trinajstić information content (AvgIpc) is 2.94. The third-order valence-corrected chi connectivity index (χ3v) is 6.80. The molecule has 2 aliphatic heterocycles. The number of hydrogen-bond acceptors (Lipinski definition) is 4. The maximum Gasteiger partial charge on any atom is 0.260 e. The Morgan fingerprint density at radius 1 is 1.30 bits per heavy atom. The molecule has 1 saturated carbocycles. The summed E-state index contributed by atoms with van der Waals surface area (Å²) in [4.78, 5) is 22.4. The minimum absolute atomic E-state index is 0.0753. The third-order valence-electron chi connectivity index (χ3n) is 5.91. The molecule has 0 radical (unpaired) electrons. The molecule has 1 amide bonds. The van der Waals surface area contributed by atoms with Crippen molar-refractivity contribution in [2.24, 2.45) is 0 Å². The Morgan fingerprint density at radius 2 is 2.13 bits per heavy atom. The van der Waals surface area contributed by atoms with E-state index in [1.165, 1.54) is 4.88 Å². The Balaban J connectivity index is 1.44. The molecule has 126 valence electrons. The number of carbonyl (C=O) groups excluding carboxylic acids is 1. The van der Waals surface area contributed by atoms with Gasteiger partial charge in [-0.3, -0.25) is 9.69 Å². The van der Waals surface area contributed by atoms with Gasteiger partial charge in [0.2, 0.25) is 0 Å². The van der Waals surface area contributed by atoms with Crippen molar-refractivity contribution < 1.29 is 9.18 Å². The zero-order valence-corrected chi connectivity index (χ0v) is 14.5. The summed E-state index contributed by atoms with van der Waals surface area (Å²) in [7, 11) is 0. The van der Waals surface area contributed by atoms with E-state index in [9.17, 15) is 9.18 Å². The molecule has 6 heteroatoms. The molecule has 0 N–H and O–H groups in total. The lowest BCUT2D eigenvalue weighted by Gasteiger charge is -2.57. The van der Waals surface area contributed by atoms with Crippen molar-refractivity contribution in [2.45, 2.75) is 63.2 Å². The van der Waals surface area contributed by atoms with E-state index in [1.54, 1.807) is 11.3 Å². The van der Waals surface area contributed by atoms with Crippen LogP contribution in [0.1, 0.15) is 48.4 Å². The van der Waals surface area contributed by atoms with Crippen LogP contribution in [0.5, 0.6) is 0 Å². The fraction of sp³-hybridized carbons (Fsp3) is 0.765. The van der Waals surface area contributed by atoms with E-state index < -0.39 is 5.67 Å². The number of carbonyl (C=O) groups is 1. The average molecular weight is 337 g/mol. The van der Waals surface area contributed by atoms with Gasteiger partial charge in [-0.15, -0.1) is 11.3 Å². The molecule has 3 fully saturated rings. The van der Waals surface area contributed by atoms with E-state index in [0.29, 0.717) is 19.4 Å². The van der Waals surface area contributed by atoms with Crippen LogP contribution in [0.15, 0.2) is 6.20 Å². The lowest BCUT2D eigenvalue weighted by Crippen LogP contribution is -2.68. The molecule has 23 heavy (non-hydrogen) atoms. The molecular formula is C17H24FN3OS. The van der Waals surface area contributed by atoms with Gasteiger partial charge >= 0.3 is 0 Å². The molecule has 3 aliphatic rings. The molecule has 4 rings (SSSR count). The van der Waals surface area contributed by atoms with Crippen LogP contribution in [0.3, 0.4) is 0 Å². The number of alkyl halides is 1. The zero-order chi connectivity index (χ0) is 16.1. The summed E-state index contributed by atoms with van der Waals surface area (Å²) in [6, 6.07) is 0. The van der Waals surface area contributed by atoms with Crippen molar-refractivity contribution in [3.05, 3.63) is 16.1 Å². The molecule has 1 aliphatic carbocycles. The van der Waals surface area contributed by atoms with Crippen LogP contribution < -0.4 is 0 Å². The quantitative estimate of drug-likeness (QED) is 0.851. The number of amides is 1. The third kappa shape index (κ3) is 2.60. The number of halogens is 1. The normalized spacial score (nSPS) is 30.1. The van der Waals surface area contributed by atoms with Gasteiger partial charge in [0, 0.05) is 42.8 Å². The number of nitrogens with zero attached hydrogens (tertiary/aromatic N) is 3. The molecular weight excluding hydrogens is 313 g/mol. The van der Waals surface area contributed by atoms with Gasteiger partial charge in [-0.2, -0.15) is 0 Å². The van der Waals surface area contributed by atoms with Crippen molar-refractivity contribution >= 4 is 17.2 Å². The molecule has 0 bridgehead atoms. The number of hydrogen-bond donors (Lipinski definition) is 0. The Kier molecular flexibility index (Phi) is 3.72. The highest BCUT2D eigenvalue weighted by Gasteiger charge is 2.52. The van der Waals surface area contributed by atoms with Gasteiger partial charge in [0.1, 0.15) is 0 Å². The highest BCUT2D eigenvalue weighted by molar-refractivity contribution is 7.11. The number of rotatable bonds is 3. The summed E-state index contributed by atoms with van der Waals surface area (Å²) in [5, 5.41) is 1.10. The first-order valence-electron chi connectivity index (χ1n) is 8.66. The number of aromatic nitrogens is 1. The van der Waals surface area contributed by atoms with Gasteiger partial charge in [-0.05, 0) is 45.4 Å². The van der Waals surface area contributed by atoms with E-state index in [0.717, 1.165) is 50.3 Å². The van der Waals surface area contributed by atoms with Gasteiger partial charge in [0.25, 0.3) is 5.91 Å². The van der Waals surface area contributed by atoms with Crippen LogP contribution in [0.25, 0.3) is 0 Å². The van der Waals surface area contributed by atoms with Gasteiger partial charge in [-0.1, -0.05) is 0 Å². The number of piperidine rings is 1. The SMILES string of the molecule is Cc1ncc(CN2CCC23CCCN(C(=O)C2(F)CCC2)C3)s1. The summed E-state index contributed by atoms with van der Waals surface area (Å²) in [5.41, 5.74) is -1.48. The Bertz CT molecular complexity index is 615. The Morgan fingerprint density at radius 3 is 2.70 bits per heavy atom. The molecule has 3 heterocycles. The molecule has 0 aromatic carbocycles. The fourth-order valence-electron chi connectivity index (χ4n) is 4.23. The number of thiazole rings is 1. The van der Waals surface area contributed by atoms with Gasteiger partial charge in [0.05, 0.1) is 5.01 Å². The van der Waals surface area contributed by atoms with Crippen molar-refractivity contribution in [3.63, 3.8) is 0 Å². The first kappa shape index (κ1) is 15.5. The minimum Gasteiger partial charge on any atom is -0.338 e. The topological polar surface area (TPSA) is 36.4 Å². The molecule has 1 aromatic heterocycles. The Hall–Kier alpha value is -1.01. The van der Waals surface area contributed by atoms with Crippen LogP contribution in [0.4, 0.5) is 4.39 Å². The maximum atomic E-state index is 14.5. The fourth-order valence-corrected chi connectivity index (χ4v) is 5.04. The first-order chi connectivity index (χ1) is 11.0. The van der Waals surface area contributed by atoms with E-state index in [4.69, 9.17) is 0 Å². The van der Waals surface area contributed by atoms with E-state index >= 15 is 0 Å². The monoisotopic (exact) mass is 337 g/mol. The van der Waals surface area contributed by atoms with Crippen LogP contribution >= 0.6 is 11.3 Å². The molecule has 1 atom stereocenters. The van der Waals surface area contributed by atoms with Crippen molar-refractivity contribution in [1.29, 1.82) is 0 Å². The van der Waals surface area contributed by atoms with Gasteiger partial charge in [0.15, 0.2) is 5.67 Å². The molecule has 2 saturated heterocycles. The van der Waals surface area contributed by atoms with E-state index in [2.05, 4.69) is 9.88 Å². The number of likely N-dealkylation sites (tertiary alicyclic amines) is 2. The van der Waals surface area contributed by atoms with Crippen molar-refractivity contribution in [3.8, 4) is 0 Å². The standard InChI is InChI=1S/C17H24FN3OS/c1-13-19-10-14(23-13)11-21-9-7-16(21)4-3-8-20(12-16)15(22)17(18)5-2-6-17/h10H,2-9,11-12H2,1H3. The Labute approximate surface area is 140 Å².